The van der Waals surface area contributed by atoms with Crippen molar-refractivity contribution in [2.75, 3.05) is 74.2 Å². The predicted molar refractivity (Wildman–Crippen MR) is 425 cm³/mol. The van der Waals surface area contributed by atoms with Gasteiger partial charge in [0.1, 0.15) is 29.5 Å². The van der Waals surface area contributed by atoms with E-state index in [1.54, 1.807) is 84.9 Å². The maximum Gasteiger partial charge on any atom is 0.408 e. The molecule has 620 valence electrons. The maximum atomic E-state index is 16.2. The van der Waals surface area contributed by atoms with Crippen molar-refractivity contribution in [3.63, 3.8) is 0 Å². The first-order valence-electron chi connectivity index (χ1n) is 38.7. The number of ether oxygens (including phenoxy) is 8. The molecule has 3 saturated carbocycles. The molecule has 1 aromatic heterocycles. The van der Waals surface area contributed by atoms with Crippen LogP contribution in [0.15, 0.2) is 82.3 Å². The van der Waals surface area contributed by atoms with E-state index < -0.39 is 137 Å². The lowest BCUT2D eigenvalue weighted by Crippen LogP contribution is -2.82. The first-order chi connectivity index (χ1) is 54.1. The molecule has 0 spiro atoms. The zero-order chi connectivity index (χ0) is 82.5. The van der Waals surface area contributed by atoms with Gasteiger partial charge >= 0.3 is 42.0 Å². The van der Waals surface area contributed by atoms with Crippen molar-refractivity contribution >= 4 is 111 Å². The third-order valence-electron chi connectivity index (χ3n) is 21.6. The van der Waals surface area contributed by atoms with Crippen molar-refractivity contribution in [1.29, 1.82) is 0 Å². The monoisotopic (exact) mass is 1640 g/mol. The van der Waals surface area contributed by atoms with Gasteiger partial charge in [-0.3, -0.25) is 28.8 Å². The first kappa shape index (κ1) is 87.7. The molecule has 4 aliphatic carbocycles. The smallest absolute Gasteiger partial charge is 0.408 e. The van der Waals surface area contributed by atoms with E-state index >= 15 is 9.59 Å². The number of urea groups is 1. The number of aliphatic hydroxyl groups is 2. The predicted octanol–water partition coefficient (Wildman–Crippen LogP) is 7.25. The number of thioether (sulfide) groups is 1. The average molecular weight is 1640 g/mol. The number of esters is 5. The van der Waals surface area contributed by atoms with Crippen LogP contribution in [0.3, 0.4) is 0 Å². The Morgan fingerprint density at radius 2 is 1.53 bits per heavy atom. The van der Waals surface area contributed by atoms with Gasteiger partial charge in [-0.2, -0.15) is 26.7 Å². The van der Waals surface area contributed by atoms with Crippen molar-refractivity contribution in [1.82, 2.24) is 41.5 Å². The Balaban J connectivity index is 0.778. The molecule has 6 fully saturated rings. The molecule has 31 nitrogen and oxygen atoms in total. The summed E-state index contributed by atoms with van der Waals surface area (Å²) in [7, 11) is 2.83. The summed E-state index contributed by atoms with van der Waals surface area (Å²) in [4.78, 5) is 154. The van der Waals surface area contributed by atoms with Crippen LogP contribution in [0.5, 0.6) is 0 Å². The van der Waals surface area contributed by atoms with E-state index in [-0.39, 0.29) is 109 Å². The molecule has 3 aromatic rings. The van der Waals surface area contributed by atoms with E-state index in [0.29, 0.717) is 73.3 Å². The van der Waals surface area contributed by atoms with Gasteiger partial charge in [-0.15, -0.1) is 6.42 Å². The second-order valence-corrected chi connectivity index (χ2v) is 35.8. The molecular formula is C80H107N11O20S3. The molecule has 10 N–H and O–H groups in total. The van der Waals surface area contributed by atoms with Crippen LogP contribution in [0, 0.1) is 35.0 Å². The number of nitrogens with zero attached hydrogens (tertiary/aromatic N) is 3. The lowest BCUT2D eigenvalue weighted by Gasteiger charge is -2.67. The van der Waals surface area contributed by atoms with E-state index in [0.717, 1.165) is 31.9 Å². The van der Waals surface area contributed by atoms with Crippen LogP contribution < -0.4 is 42.5 Å². The Kier molecular flexibility index (Phi) is 29.5. The van der Waals surface area contributed by atoms with E-state index in [4.69, 9.17) is 44.3 Å². The number of anilines is 3. The highest BCUT2D eigenvalue weighted by Crippen LogP contribution is 2.65. The Morgan fingerprint density at radius 1 is 0.851 bits per heavy atom. The van der Waals surface area contributed by atoms with E-state index in [1.165, 1.54) is 53.6 Å². The summed E-state index contributed by atoms with van der Waals surface area (Å²) >= 11 is 1.86. The highest BCUT2D eigenvalue weighted by molar-refractivity contribution is 8.77. The van der Waals surface area contributed by atoms with Gasteiger partial charge in [0, 0.05) is 85.3 Å². The number of Topliss-reactive ketones (excluding diaryl/α,β-unsaturated/α-hetero) is 1. The number of carbonyl (C=O) groups excluding carboxylic acids is 10. The van der Waals surface area contributed by atoms with Crippen molar-refractivity contribution in [2.24, 2.45) is 22.7 Å². The van der Waals surface area contributed by atoms with Gasteiger partial charge in [-0.05, 0) is 115 Å². The number of aromatic nitrogens is 3. The average Bonchev–Trinajstić information content (AvgIpc) is 0.695. The summed E-state index contributed by atoms with van der Waals surface area (Å²) in [6, 6.07) is 13.6. The number of unbranched alkanes of at least 4 members (excludes halogenated alkanes) is 1. The van der Waals surface area contributed by atoms with Crippen LogP contribution in [-0.4, -0.2) is 225 Å². The van der Waals surface area contributed by atoms with E-state index in [9.17, 15) is 48.6 Å². The maximum absolute atomic E-state index is 16.2. The van der Waals surface area contributed by atoms with Gasteiger partial charge in [0.05, 0.1) is 79.8 Å². The number of benzene rings is 2. The minimum atomic E-state index is -2.52. The molecule has 3 aliphatic heterocycles. The molecular weight excluding hydrogens is 1530 g/mol. The lowest BCUT2D eigenvalue weighted by molar-refractivity contribution is -0.346. The lowest BCUT2D eigenvalue weighted by atomic mass is 9.44. The second kappa shape index (κ2) is 38.4. The van der Waals surface area contributed by atoms with Gasteiger partial charge in [-0.25, -0.2) is 19.2 Å². The molecule has 114 heavy (non-hydrogen) atoms. The zero-order valence-corrected chi connectivity index (χ0v) is 68.8. The van der Waals surface area contributed by atoms with Gasteiger partial charge in [0.15, 0.2) is 17.5 Å². The van der Waals surface area contributed by atoms with Gasteiger partial charge < -0.3 is 90.6 Å². The molecule has 4 heterocycles. The molecule has 0 radical (unpaired) electrons. The van der Waals surface area contributed by atoms with Crippen LogP contribution in [0.25, 0.3) is 0 Å². The standard InChI is InChI=1S/C80H107N11O20S3/c1-13-31-83-71-89-72(91-73(90-71)85-35-37-104-36-34-82-58(94)26-20-19-25-55-62-52(42-112-55)86-74(101)88-62)84-33-32-81-59(95)30-27-45(4)113-114-54-24-18-17-23-50(54)39-60(96)107-63(51(38-44(2)3)87-75(102)111-76(7,8)9)70(100)106-53-41-80(103)67(109-69(99)48-21-15-14-16-22-48)65-78(12,56(93)40-57-79(65,43-105-57)110-47(6)92)66(97)64(108-68(98)49-28-29-49)61(46(53)5)77(80,10)11/h1,14-18,21-24,38,45,49,51-53,55-57,62-65,67,93,103H,19-20,25-37,39-43H2,2-12H3,(H,81,95)(H,82,94)(H,87,102)(H2,86,88,101)(H3,83,84,85,89,90,91)/t45?,51-,52-,53-,55-,56-,57+,62-,63+,64+,65-,67-,78?,79-,80+/m0/s1. The van der Waals surface area contributed by atoms with Crippen molar-refractivity contribution in [3.05, 3.63) is 88.5 Å². The molecule has 2 bridgehead atoms. The largest absolute Gasteiger partial charge is 0.455 e. The second-order valence-electron chi connectivity index (χ2n) is 31.8. The number of hydrogen-bond acceptors (Lipinski definition) is 29. The first-order valence-corrected chi connectivity index (χ1v) is 42.0. The van der Waals surface area contributed by atoms with Gasteiger partial charge in [0.25, 0.3) is 0 Å². The fourth-order valence-corrected chi connectivity index (χ4v) is 19.6. The van der Waals surface area contributed by atoms with Crippen LogP contribution in [0.2, 0.25) is 0 Å². The van der Waals surface area contributed by atoms with Gasteiger partial charge in [0.2, 0.25) is 35.8 Å². The quantitative estimate of drug-likeness (QED) is 0.00517. The summed E-state index contributed by atoms with van der Waals surface area (Å²) < 4.78 is 49.3. The summed E-state index contributed by atoms with van der Waals surface area (Å²) in [5.41, 5.74) is -8.17. The van der Waals surface area contributed by atoms with Crippen LogP contribution in [0.4, 0.5) is 27.4 Å². The number of rotatable bonds is 37. The molecule has 7 aliphatic rings. The van der Waals surface area contributed by atoms with Crippen molar-refractivity contribution in [3.8, 4) is 12.3 Å². The number of aliphatic hydroxyl groups excluding tert-OH is 1. The Labute approximate surface area is 676 Å². The van der Waals surface area contributed by atoms with Crippen LogP contribution >= 0.6 is 33.3 Å². The molecule has 2 aromatic carbocycles. The number of nitrogens with one attached hydrogen (secondary N) is 8. The zero-order valence-electron chi connectivity index (χ0n) is 66.3. The normalized spacial score (nSPS) is 26.4. The minimum absolute atomic E-state index is 0.0279. The highest BCUT2D eigenvalue weighted by atomic mass is 33.1. The molecule has 2 unspecified atom stereocenters. The number of fused-ring (bicyclic) bond motifs is 6. The summed E-state index contributed by atoms with van der Waals surface area (Å²) in [5, 5.41) is 50.7. The Hall–Kier alpha value is -8.72. The van der Waals surface area contributed by atoms with E-state index in [2.05, 4.69) is 63.4 Å². The number of hydrogen-bond donors (Lipinski definition) is 10. The third-order valence-corrected chi connectivity index (χ3v) is 26.2. The SMILES string of the molecule is C#CCNc1nc(NCCNC(=O)CCC(C)SSc2ccccc2CC(=O)O[C@@H](C(=O)O[C@H]2C[C@@]3(O)[C@@H](OC(=O)c4ccccc4)[C@H]4C(C)(C(=O)[C@H](OC(=O)C5CC5)C(=C2C)C3(C)C)[C@@H](O)C[C@H]2OC[C@]24OC(C)=O)[C@H](C=C(C)C)NC(=O)OC(C)(C)C)nc(NCCOCCNC(=O)CCCC[C@@H]2SC[C@@H]3NC(=O)N[C@@H]32)n1. The molecule has 15 atom stereocenters. The molecule has 34 heteroatoms. The third kappa shape index (κ3) is 21.5. The Morgan fingerprint density at radius 3 is 2.20 bits per heavy atom. The summed E-state index contributed by atoms with van der Waals surface area (Å²) in [5.74, 6) is -3.98. The number of alkyl carbamates (subject to hydrolysis) is 1. The number of terminal acetylenes is 1. The number of ketones is 1. The van der Waals surface area contributed by atoms with E-state index in [1.807, 2.05) is 24.8 Å². The number of carbonyl (C=O) groups is 10. The highest BCUT2D eigenvalue weighted by Gasteiger charge is 2.78. The minimum Gasteiger partial charge on any atom is -0.455 e. The van der Waals surface area contributed by atoms with Gasteiger partial charge in [-0.1, -0.05) is 103 Å². The topological polar surface area (TPSA) is 420 Å². The van der Waals surface area contributed by atoms with Crippen molar-refractivity contribution < 1.29 is 96.1 Å². The molecule has 10 rings (SSSR count). The fraction of sp³-hybridized carbons (Fsp3) is 0.613. The summed E-state index contributed by atoms with van der Waals surface area (Å²) in [6.45, 7) is 19.1. The van der Waals surface area contributed by atoms with Crippen molar-refractivity contribution in [2.45, 2.75) is 234 Å². The molecule has 3 saturated heterocycles. The number of allylic oxidation sites excluding steroid dienone is 1. The fourth-order valence-electron chi connectivity index (χ4n) is 15.6. The number of amides is 5. The Bertz CT molecular complexity index is 4130. The summed E-state index contributed by atoms with van der Waals surface area (Å²) in [6.07, 6.45) is -0.949. The van der Waals surface area contributed by atoms with Crippen LogP contribution in [0.1, 0.15) is 156 Å². The van der Waals surface area contributed by atoms with Crippen LogP contribution in [-0.2, 0) is 77.9 Å². The molecule has 5 amide bonds.